The molecule has 1 aromatic heterocycles. The maximum absolute atomic E-state index is 12.4. The van der Waals surface area contributed by atoms with Crippen molar-refractivity contribution in [1.29, 1.82) is 0 Å². The SMILES string of the molecule is Cc1ccccc1S(=O)(=O)Nc1ccc2c(=O)[nH][nH]c(=O)c2c1. The van der Waals surface area contributed by atoms with Gasteiger partial charge in [-0.15, -0.1) is 0 Å². The summed E-state index contributed by atoms with van der Waals surface area (Å²) >= 11 is 0. The molecule has 0 aliphatic carbocycles. The third-order valence-electron chi connectivity index (χ3n) is 3.43. The summed E-state index contributed by atoms with van der Waals surface area (Å²) in [6.45, 7) is 1.69. The fourth-order valence-corrected chi connectivity index (χ4v) is 3.61. The number of aryl methyl sites for hydroxylation is 1. The van der Waals surface area contributed by atoms with Gasteiger partial charge in [0.2, 0.25) is 0 Å². The Bertz CT molecular complexity index is 1110. The second-order valence-electron chi connectivity index (χ2n) is 5.04. The Morgan fingerprint density at radius 1 is 0.913 bits per heavy atom. The zero-order valence-corrected chi connectivity index (χ0v) is 12.9. The van der Waals surface area contributed by atoms with E-state index in [1.54, 1.807) is 25.1 Å². The highest BCUT2D eigenvalue weighted by Crippen LogP contribution is 2.20. The van der Waals surface area contributed by atoms with E-state index in [4.69, 9.17) is 0 Å². The van der Waals surface area contributed by atoms with E-state index in [1.165, 1.54) is 24.3 Å². The number of benzene rings is 2. The maximum atomic E-state index is 12.4. The Labute approximate surface area is 131 Å². The van der Waals surface area contributed by atoms with E-state index in [-0.39, 0.29) is 21.4 Å². The first-order chi connectivity index (χ1) is 10.9. The summed E-state index contributed by atoms with van der Waals surface area (Å²) in [6, 6.07) is 10.7. The molecule has 0 radical (unpaired) electrons. The molecule has 0 aliphatic rings. The molecule has 0 saturated carbocycles. The quantitative estimate of drug-likeness (QED) is 0.672. The van der Waals surface area contributed by atoms with Crippen molar-refractivity contribution < 1.29 is 8.42 Å². The second-order valence-corrected chi connectivity index (χ2v) is 6.69. The summed E-state index contributed by atoms with van der Waals surface area (Å²) in [7, 11) is -3.78. The molecule has 0 bridgehead atoms. The van der Waals surface area contributed by atoms with Gasteiger partial charge < -0.3 is 0 Å². The highest BCUT2D eigenvalue weighted by molar-refractivity contribution is 7.92. The van der Waals surface area contributed by atoms with Gasteiger partial charge in [0.25, 0.3) is 21.1 Å². The van der Waals surface area contributed by atoms with Crippen LogP contribution in [0.5, 0.6) is 0 Å². The molecule has 7 nitrogen and oxygen atoms in total. The molecule has 2 aromatic carbocycles. The molecular weight excluding hydrogens is 318 g/mol. The smallest absolute Gasteiger partial charge is 0.270 e. The maximum Gasteiger partial charge on any atom is 0.270 e. The number of anilines is 1. The van der Waals surface area contributed by atoms with Gasteiger partial charge in [-0.05, 0) is 36.8 Å². The summed E-state index contributed by atoms with van der Waals surface area (Å²) in [5.74, 6) is 0. The number of sulfonamides is 1. The van der Waals surface area contributed by atoms with Gasteiger partial charge in [0.1, 0.15) is 0 Å². The highest BCUT2D eigenvalue weighted by atomic mass is 32.2. The normalized spacial score (nSPS) is 11.5. The van der Waals surface area contributed by atoms with Gasteiger partial charge in [-0.3, -0.25) is 24.5 Å². The number of H-pyrrole nitrogens is 2. The lowest BCUT2D eigenvalue weighted by Crippen LogP contribution is -2.19. The Morgan fingerprint density at radius 2 is 1.57 bits per heavy atom. The van der Waals surface area contributed by atoms with Crippen LogP contribution in [0.4, 0.5) is 5.69 Å². The molecule has 8 heteroatoms. The van der Waals surface area contributed by atoms with Crippen molar-refractivity contribution in [2.45, 2.75) is 11.8 Å². The first-order valence-corrected chi connectivity index (χ1v) is 8.20. The van der Waals surface area contributed by atoms with Crippen LogP contribution in [-0.4, -0.2) is 18.6 Å². The van der Waals surface area contributed by atoms with Gasteiger partial charge in [0.15, 0.2) is 0 Å². The molecule has 3 N–H and O–H groups in total. The Hall–Kier alpha value is -2.87. The third-order valence-corrected chi connectivity index (χ3v) is 4.98. The van der Waals surface area contributed by atoms with E-state index in [1.807, 2.05) is 0 Å². The predicted molar refractivity (Wildman–Crippen MR) is 87.2 cm³/mol. The molecule has 0 saturated heterocycles. The van der Waals surface area contributed by atoms with Crippen molar-refractivity contribution in [3.8, 4) is 0 Å². The van der Waals surface area contributed by atoms with Crippen molar-refractivity contribution in [2.24, 2.45) is 0 Å². The summed E-state index contributed by atoms with van der Waals surface area (Å²) in [5.41, 5.74) is -0.142. The van der Waals surface area contributed by atoms with E-state index in [0.717, 1.165) is 0 Å². The zero-order chi connectivity index (χ0) is 16.6. The number of nitrogens with one attached hydrogen (secondary N) is 3. The topological polar surface area (TPSA) is 112 Å². The summed E-state index contributed by atoms with van der Waals surface area (Å²) in [5, 5.41) is 4.71. The summed E-state index contributed by atoms with van der Waals surface area (Å²) in [4.78, 5) is 23.6. The molecule has 3 aromatic rings. The molecule has 1 heterocycles. The largest absolute Gasteiger partial charge is 0.280 e. The van der Waals surface area contributed by atoms with Crippen molar-refractivity contribution in [3.05, 3.63) is 68.7 Å². The molecule has 0 fully saturated rings. The standard InChI is InChI=1S/C15H13N3O4S/c1-9-4-2-3-5-13(9)23(21,22)18-10-6-7-11-12(8-10)15(20)17-16-14(11)19/h2-8,18H,1H3,(H,16,19)(H,17,20). The minimum absolute atomic E-state index is 0.110. The van der Waals surface area contributed by atoms with E-state index in [0.29, 0.717) is 5.56 Å². The summed E-state index contributed by atoms with van der Waals surface area (Å²) in [6.07, 6.45) is 0. The molecule has 118 valence electrons. The molecule has 0 aliphatic heterocycles. The van der Waals surface area contributed by atoms with Crippen LogP contribution in [0.15, 0.2) is 56.9 Å². The van der Waals surface area contributed by atoms with Crippen LogP contribution in [0.1, 0.15) is 5.56 Å². The van der Waals surface area contributed by atoms with Gasteiger partial charge in [0, 0.05) is 5.69 Å². The monoisotopic (exact) mass is 331 g/mol. The number of aromatic amines is 2. The average Bonchev–Trinajstić information content (AvgIpc) is 2.51. The van der Waals surface area contributed by atoms with Crippen LogP contribution < -0.4 is 15.8 Å². The minimum Gasteiger partial charge on any atom is -0.280 e. The predicted octanol–water partition coefficient (Wildman–Crippen LogP) is 1.33. The van der Waals surface area contributed by atoms with Crippen LogP contribution in [0, 0.1) is 6.92 Å². The van der Waals surface area contributed by atoms with Gasteiger partial charge >= 0.3 is 0 Å². The van der Waals surface area contributed by atoms with E-state index in [2.05, 4.69) is 14.9 Å². The van der Waals surface area contributed by atoms with E-state index >= 15 is 0 Å². The number of hydrogen-bond acceptors (Lipinski definition) is 4. The molecule has 0 amide bonds. The van der Waals surface area contributed by atoms with E-state index in [9.17, 15) is 18.0 Å². The lowest BCUT2D eigenvalue weighted by atomic mass is 10.2. The molecule has 0 atom stereocenters. The lowest BCUT2D eigenvalue weighted by molar-refractivity contribution is 0.600. The van der Waals surface area contributed by atoms with E-state index < -0.39 is 21.1 Å². The Morgan fingerprint density at radius 3 is 2.26 bits per heavy atom. The second kappa shape index (κ2) is 5.40. The fourth-order valence-electron chi connectivity index (χ4n) is 2.31. The third kappa shape index (κ3) is 2.76. The van der Waals surface area contributed by atoms with Gasteiger partial charge in [-0.2, -0.15) is 0 Å². The van der Waals surface area contributed by atoms with Crippen LogP contribution in [0.3, 0.4) is 0 Å². The molecule has 0 unspecified atom stereocenters. The lowest BCUT2D eigenvalue weighted by Gasteiger charge is -2.10. The molecule has 3 rings (SSSR count). The zero-order valence-electron chi connectivity index (χ0n) is 12.1. The minimum atomic E-state index is -3.78. The Balaban J connectivity index is 2.09. The summed E-state index contributed by atoms with van der Waals surface area (Å²) < 4.78 is 27.3. The number of hydrogen-bond donors (Lipinski definition) is 3. The first-order valence-electron chi connectivity index (χ1n) is 6.72. The highest BCUT2D eigenvalue weighted by Gasteiger charge is 2.17. The molecular formula is C15H13N3O4S. The average molecular weight is 331 g/mol. The van der Waals surface area contributed by atoms with Crippen molar-refractivity contribution in [3.63, 3.8) is 0 Å². The van der Waals surface area contributed by atoms with Gasteiger partial charge in [-0.1, -0.05) is 18.2 Å². The van der Waals surface area contributed by atoms with Crippen LogP contribution in [-0.2, 0) is 10.0 Å². The van der Waals surface area contributed by atoms with Gasteiger partial charge in [-0.25, -0.2) is 8.42 Å². The number of rotatable bonds is 3. The van der Waals surface area contributed by atoms with Crippen LogP contribution >= 0.6 is 0 Å². The van der Waals surface area contributed by atoms with Crippen molar-refractivity contribution >= 4 is 26.5 Å². The first kappa shape index (κ1) is 15.0. The van der Waals surface area contributed by atoms with Gasteiger partial charge in [0.05, 0.1) is 15.7 Å². The number of aromatic nitrogens is 2. The Kier molecular flexibility index (Phi) is 3.53. The molecule has 0 spiro atoms. The van der Waals surface area contributed by atoms with Crippen molar-refractivity contribution in [2.75, 3.05) is 4.72 Å². The fraction of sp³-hybridized carbons (Fsp3) is 0.0667. The van der Waals surface area contributed by atoms with Crippen LogP contribution in [0.2, 0.25) is 0 Å². The van der Waals surface area contributed by atoms with Crippen molar-refractivity contribution in [1.82, 2.24) is 10.2 Å². The number of fused-ring (bicyclic) bond motifs is 1. The molecule has 23 heavy (non-hydrogen) atoms. The van der Waals surface area contributed by atoms with Crippen LogP contribution in [0.25, 0.3) is 10.8 Å².